The van der Waals surface area contributed by atoms with Crippen molar-refractivity contribution in [3.63, 3.8) is 0 Å². The first-order chi connectivity index (χ1) is 7.93. The van der Waals surface area contributed by atoms with Gasteiger partial charge in [0.05, 0.1) is 0 Å². The number of hydrogen-bond donors (Lipinski definition) is 1. The highest BCUT2D eigenvalue weighted by atomic mass is 16.2. The first-order valence-corrected chi connectivity index (χ1v) is 5.60. The minimum Gasteiger partial charge on any atom is -0.324 e. The van der Waals surface area contributed by atoms with E-state index in [9.17, 15) is 9.59 Å². The molecule has 4 nitrogen and oxygen atoms in total. The van der Waals surface area contributed by atoms with Crippen LogP contribution in [-0.4, -0.2) is 22.3 Å². The van der Waals surface area contributed by atoms with E-state index in [1.54, 1.807) is 18.7 Å². The third kappa shape index (κ3) is 1.90. The number of para-hydroxylation sites is 1. The van der Waals surface area contributed by atoms with Crippen molar-refractivity contribution in [3.8, 4) is 0 Å². The third-order valence-electron chi connectivity index (χ3n) is 3.20. The minimum atomic E-state index is -0.829. The summed E-state index contributed by atoms with van der Waals surface area (Å²) < 4.78 is 0. The summed E-state index contributed by atoms with van der Waals surface area (Å²) in [7, 11) is 0. The summed E-state index contributed by atoms with van der Waals surface area (Å²) in [6.07, 6.45) is 0. The molecule has 1 N–H and O–H groups in total. The summed E-state index contributed by atoms with van der Waals surface area (Å²) in [5, 5.41) is 2.86. The molecule has 1 aromatic rings. The molecule has 0 unspecified atom stereocenters. The van der Waals surface area contributed by atoms with E-state index >= 15 is 0 Å². The molecule has 0 spiro atoms. The highest BCUT2D eigenvalue weighted by Gasteiger charge is 2.39. The molecule has 4 heteroatoms. The molecule has 0 atom stereocenters. The van der Waals surface area contributed by atoms with Crippen LogP contribution in [0.15, 0.2) is 24.3 Å². The first-order valence-electron chi connectivity index (χ1n) is 5.60. The van der Waals surface area contributed by atoms with Crippen molar-refractivity contribution in [1.82, 2.24) is 4.90 Å². The lowest BCUT2D eigenvalue weighted by atomic mass is 10.0. The molecule has 0 saturated carbocycles. The molecule has 1 heterocycles. The van der Waals surface area contributed by atoms with E-state index in [1.807, 2.05) is 24.3 Å². The van der Waals surface area contributed by atoms with Crippen molar-refractivity contribution in [1.29, 1.82) is 0 Å². The lowest BCUT2D eigenvalue weighted by Crippen LogP contribution is -2.52. The van der Waals surface area contributed by atoms with Gasteiger partial charge in [-0.2, -0.15) is 0 Å². The molecule has 0 radical (unpaired) electrons. The molecule has 17 heavy (non-hydrogen) atoms. The molecule has 1 aliphatic rings. The average molecular weight is 232 g/mol. The molecular formula is C13H16N2O2. The van der Waals surface area contributed by atoms with E-state index < -0.39 is 5.54 Å². The molecule has 0 aliphatic carbocycles. The van der Waals surface area contributed by atoms with E-state index in [2.05, 4.69) is 5.32 Å². The van der Waals surface area contributed by atoms with Crippen LogP contribution < -0.4 is 5.32 Å². The topological polar surface area (TPSA) is 49.4 Å². The largest absolute Gasteiger partial charge is 0.324 e. The van der Waals surface area contributed by atoms with E-state index in [4.69, 9.17) is 0 Å². The summed E-state index contributed by atoms with van der Waals surface area (Å²) >= 11 is 0. The number of nitrogens with one attached hydrogen (secondary N) is 1. The normalized spacial score (nSPS) is 18.1. The second-order valence-corrected chi connectivity index (χ2v) is 4.78. The Morgan fingerprint density at radius 1 is 1.35 bits per heavy atom. The van der Waals surface area contributed by atoms with E-state index in [1.165, 1.54) is 6.92 Å². The number of fused-ring (bicyclic) bond motifs is 1. The Bertz CT molecular complexity index is 480. The van der Waals surface area contributed by atoms with Crippen LogP contribution in [0.1, 0.15) is 26.3 Å². The smallest absolute Gasteiger partial charge is 0.249 e. The fourth-order valence-electron chi connectivity index (χ4n) is 2.05. The number of amides is 2. The fraction of sp³-hybridized carbons (Fsp3) is 0.385. The lowest BCUT2D eigenvalue weighted by molar-refractivity contribution is -0.142. The lowest BCUT2D eigenvalue weighted by Gasteiger charge is -2.34. The Kier molecular flexibility index (Phi) is 2.65. The van der Waals surface area contributed by atoms with Crippen LogP contribution in [0.3, 0.4) is 0 Å². The molecule has 2 rings (SSSR count). The predicted octanol–water partition coefficient (Wildman–Crippen LogP) is 1.77. The van der Waals surface area contributed by atoms with E-state index in [0.29, 0.717) is 6.54 Å². The Hall–Kier alpha value is -1.84. The Balaban J connectivity index is 2.50. The highest BCUT2D eigenvalue weighted by Crippen LogP contribution is 2.28. The highest BCUT2D eigenvalue weighted by molar-refractivity contribution is 6.01. The zero-order valence-electron chi connectivity index (χ0n) is 10.3. The fourth-order valence-corrected chi connectivity index (χ4v) is 2.05. The quantitative estimate of drug-likeness (QED) is 0.741. The third-order valence-corrected chi connectivity index (χ3v) is 3.20. The molecule has 1 aliphatic heterocycles. The number of carbonyl (C=O) groups excluding carboxylic acids is 2. The summed E-state index contributed by atoms with van der Waals surface area (Å²) in [6.45, 7) is 5.46. The standard InChI is InChI=1S/C13H16N2O2/c1-9(16)15-8-10-6-4-5-7-11(10)14-12(17)13(15,2)3/h4-7H,8H2,1-3H3,(H,14,17). The monoisotopic (exact) mass is 232 g/mol. The molecular weight excluding hydrogens is 216 g/mol. The van der Waals surface area contributed by atoms with Gasteiger partial charge in [0, 0.05) is 19.2 Å². The van der Waals surface area contributed by atoms with Crippen LogP contribution in [0.4, 0.5) is 5.69 Å². The van der Waals surface area contributed by atoms with Gasteiger partial charge in [0.25, 0.3) is 0 Å². The molecule has 90 valence electrons. The number of hydrogen-bond acceptors (Lipinski definition) is 2. The summed E-state index contributed by atoms with van der Waals surface area (Å²) in [5.74, 6) is -0.250. The van der Waals surface area contributed by atoms with Crippen LogP contribution >= 0.6 is 0 Å². The van der Waals surface area contributed by atoms with Crippen molar-refractivity contribution in [3.05, 3.63) is 29.8 Å². The van der Waals surface area contributed by atoms with E-state index in [0.717, 1.165) is 11.3 Å². The zero-order valence-corrected chi connectivity index (χ0v) is 10.3. The zero-order chi connectivity index (χ0) is 12.6. The van der Waals surface area contributed by atoms with Crippen molar-refractivity contribution < 1.29 is 9.59 Å². The number of carbonyl (C=O) groups is 2. The van der Waals surface area contributed by atoms with Gasteiger partial charge in [-0.05, 0) is 25.5 Å². The molecule has 0 saturated heterocycles. The summed E-state index contributed by atoms with van der Waals surface area (Å²) in [4.78, 5) is 25.4. The van der Waals surface area contributed by atoms with Gasteiger partial charge in [0.1, 0.15) is 5.54 Å². The van der Waals surface area contributed by atoms with Crippen LogP contribution in [-0.2, 0) is 16.1 Å². The second-order valence-electron chi connectivity index (χ2n) is 4.78. The SMILES string of the molecule is CC(=O)N1Cc2ccccc2NC(=O)C1(C)C. The molecule has 0 aromatic heterocycles. The van der Waals surface area contributed by atoms with Gasteiger partial charge in [-0.15, -0.1) is 0 Å². The Labute approximate surface area is 101 Å². The van der Waals surface area contributed by atoms with Crippen molar-refractivity contribution in [2.75, 3.05) is 5.32 Å². The minimum absolute atomic E-state index is 0.0955. The van der Waals surface area contributed by atoms with Gasteiger partial charge >= 0.3 is 0 Å². The molecule has 0 fully saturated rings. The average Bonchev–Trinajstić information content (AvgIpc) is 2.35. The Morgan fingerprint density at radius 3 is 2.65 bits per heavy atom. The number of benzene rings is 1. The van der Waals surface area contributed by atoms with E-state index in [-0.39, 0.29) is 11.8 Å². The van der Waals surface area contributed by atoms with Crippen LogP contribution in [0.5, 0.6) is 0 Å². The van der Waals surface area contributed by atoms with Crippen molar-refractivity contribution >= 4 is 17.5 Å². The maximum Gasteiger partial charge on any atom is 0.249 e. The second kappa shape index (κ2) is 3.87. The van der Waals surface area contributed by atoms with Crippen LogP contribution in [0, 0.1) is 0 Å². The Morgan fingerprint density at radius 2 is 2.00 bits per heavy atom. The predicted molar refractivity (Wildman–Crippen MR) is 65.4 cm³/mol. The van der Waals surface area contributed by atoms with Gasteiger partial charge < -0.3 is 10.2 Å². The first kappa shape index (κ1) is 11.6. The number of anilines is 1. The van der Waals surface area contributed by atoms with Crippen molar-refractivity contribution in [2.24, 2.45) is 0 Å². The van der Waals surface area contributed by atoms with Gasteiger partial charge in [-0.25, -0.2) is 0 Å². The number of rotatable bonds is 0. The van der Waals surface area contributed by atoms with Crippen LogP contribution in [0.25, 0.3) is 0 Å². The van der Waals surface area contributed by atoms with Gasteiger partial charge in [-0.1, -0.05) is 18.2 Å². The van der Waals surface area contributed by atoms with Crippen molar-refractivity contribution in [2.45, 2.75) is 32.9 Å². The molecule has 2 amide bonds. The molecule has 1 aromatic carbocycles. The maximum atomic E-state index is 12.1. The summed E-state index contributed by atoms with van der Waals surface area (Å²) in [6, 6.07) is 7.55. The maximum absolute atomic E-state index is 12.1. The number of nitrogens with zero attached hydrogens (tertiary/aromatic N) is 1. The van der Waals surface area contributed by atoms with Gasteiger partial charge in [0.2, 0.25) is 11.8 Å². The molecule has 0 bridgehead atoms. The van der Waals surface area contributed by atoms with Gasteiger partial charge in [0.15, 0.2) is 0 Å². The van der Waals surface area contributed by atoms with Gasteiger partial charge in [-0.3, -0.25) is 9.59 Å². The van der Waals surface area contributed by atoms with Crippen LogP contribution in [0.2, 0.25) is 0 Å². The summed E-state index contributed by atoms with van der Waals surface area (Å²) in [5.41, 5.74) is 0.918.